The van der Waals surface area contributed by atoms with Gasteiger partial charge in [-0.2, -0.15) is 0 Å². The smallest absolute Gasteiger partial charge is 0.255 e. The van der Waals surface area contributed by atoms with Crippen LogP contribution in [-0.4, -0.2) is 74.6 Å². The fourth-order valence-corrected chi connectivity index (χ4v) is 5.89. The van der Waals surface area contributed by atoms with Gasteiger partial charge in [0.2, 0.25) is 5.78 Å². The number of carbonyl (C=O) groups is 3. The van der Waals surface area contributed by atoms with Crippen LogP contribution in [0.15, 0.2) is 28.7 Å². The van der Waals surface area contributed by atoms with Gasteiger partial charge < -0.3 is 36.6 Å². The Hall–Kier alpha value is -3.41. The molecule has 0 spiro atoms. The van der Waals surface area contributed by atoms with E-state index in [1.165, 1.54) is 13.2 Å². The van der Waals surface area contributed by atoms with Crippen LogP contribution in [0.2, 0.25) is 0 Å². The average Bonchev–Trinajstić information content (AvgIpc) is 2.82. The number of aromatic hydroxyl groups is 1. The lowest BCUT2D eigenvalue weighted by atomic mass is 9.59. The number of allylic oxidation sites excluding steroid dienone is 1. The molecule has 4 rings (SSSR count). The van der Waals surface area contributed by atoms with Crippen molar-refractivity contribution in [1.82, 2.24) is 4.90 Å². The summed E-state index contributed by atoms with van der Waals surface area (Å²) < 4.78 is 5.67. The van der Waals surface area contributed by atoms with Gasteiger partial charge in [-0.3, -0.25) is 19.3 Å². The van der Waals surface area contributed by atoms with Gasteiger partial charge >= 0.3 is 0 Å². The second kappa shape index (κ2) is 8.91. The van der Waals surface area contributed by atoms with Gasteiger partial charge in [0.1, 0.15) is 28.6 Å². The number of carbonyl (C=O) groups excluding carboxylic acids is 3. The SMILES string of the molecule is CCN(CC)Cc1cc(O)c2c(c1OC)C[C@H]1C[C@H]3[C@H](N)C(O)=C(C(N)=O)C(=O)[C@@]3(O)C(O)=C1C2=O. The summed E-state index contributed by atoms with van der Waals surface area (Å²) in [6, 6.07) is 0.0551. The third-order valence-electron chi connectivity index (χ3n) is 7.77. The molecule has 0 heterocycles. The molecule has 0 saturated carbocycles. The Morgan fingerprint density at radius 1 is 1.22 bits per heavy atom. The summed E-state index contributed by atoms with van der Waals surface area (Å²) in [6.07, 6.45) is 0.0816. The maximum absolute atomic E-state index is 13.6. The first-order chi connectivity index (χ1) is 16.9. The number of ether oxygens (including phenoxy) is 1. The number of rotatable bonds is 6. The van der Waals surface area contributed by atoms with Gasteiger partial charge in [-0.1, -0.05) is 13.8 Å². The van der Waals surface area contributed by atoms with E-state index < -0.39 is 58.0 Å². The lowest BCUT2D eigenvalue weighted by Crippen LogP contribution is -2.63. The van der Waals surface area contributed by atoms with E-state index in [0.717, 1.165) is 13.1 Å². The molecule has 1 aromatic carbocycles. The summed E-state index contributed by atoms with van der Waals surface area (Å²) in [7, 11) is 1.47. The Bertz CT molecular complexity index is 1230. The average molecular weight is 502 g/mol. The molecule has 0 fully saturated rings. The number of aliphatic hydroxyl groups is 3. The number of aliphatic hydroxyl groups excluding tert-OH is 2. The number of methoxy groups -OCH3 is 1. The summed E-state index contributed by atoms with van der Waals surface area (Å²) in [6.45, 7) is 6.00. The van der Waals surface area contributed by atoms with Crippen molar-refractivity contribution in [3.05, 3.63) is 45.4 Å². The summed E-state index contributed by atoms with van der Waals surface area (Å²) in [5.74, 6) is -6.92. The highest BCUT2D eigenvalue weighted by Gasteiger charge is 2.62. The first kappa shape index (κ1) is 25.7. The van der Waals surface area contributed by atoms with E-state index >= 15 is 0 Å². The largest absolute Gasteiger partial charge is 0.510 e. The molecule has 8 N–H and O–H groups in total. The highest BCUT2D eigenvalue weighted by molar-refractivity contribution is 6.24. The minimum absolute atomic E-state index is 0.0612. The number of primary amides is 1. The molecule has 0 saturated heterocycles. The zero-order valence-corrected chi connectivity index (χ0v) is 20.4. The van der Waals surface area contributed by atoms with Crippen LogP contribution in [-0.2, 0) is 22.6 Å². The maximum atomic E-state index is 13.6. The number of hydrogen-bond donors (Lipinski definition) is 6. The number of ketones is 2. The molecule has 194 valence electrons. The van der Waals surface area contributed by atoms with Crippen LogP contribution in [0.25, 0.3) is 0 Å². The molecule has 36 heavy (non-hydrogen) atoms. The highest BCUT2D eigenvalue weighted by atomic mass is 16.5. The zero-order chi connectivity index (χ0) is 26.7. The van der Waals surface area contributed by atoms with Crippen molar-refractivity contribution in [2.75, 3.05) is 20.2 Å². The Kier molecular flexibility index (Phi) is 6.36. The van der Waals surface area contributed by atoms with E-state index in [0.29, 0.717) is 23.4 Å². The fraction of sp³-hybridized carbons (Fsp3) is 0.480. The van der Waals surface area contributed by atoms with Crippen molar-refractivity contribution in [2.24, 2.45) is 23.3 Å². The molecule has 3 aliphatic carbocycles. The second-order valence-corrected chi connectivity index (χ2v) is 9.48. The van der Waals surface area contributed by atoms with E-state index in [2.05, 4.69) is 4.90 Å². The zero-order valence-electron chi connectivity index (χ0n) is 20.4. The molecule has 4 atom stereocenters. The lowest BCUT2D eigenvalue weighted by molar-refractivity contribution is -0.145. The lowest BCUT2D eigenvalue weighted by Gasteiger charge is -2.47. The minimum atomic E-state index is -2.72. The van der Waals surface area contributed by atoms with Crippen molar-refractivity contribution >= 4 is 17.5 Å². The minimum Gasteiger partial charge on any atom is -0.510 e. The molecule has 0 bridgehead atoms. The molecule has 0 aromatic heterocycles. The second-order valence-electron chi connectivity index (χ2n) is 9.48. The standard InChI is InChI=1S/C25H31N3O8/c1-4-28(5-2)9-11-8-14(29)16-12(21(11)36-3)6-10-7-13-18(26)20(31)17(24(27)34)23(33)25(13,35)22(32)15(10)19(16)30/h8,10,13,18,29,31-32,35H,4-7,9,26H2,1-3H3,(H2,27,34)/t10-,13-,18-,25-/m0/s1. The van der Waals surface area contributed by atoms with Gasteiger partial charge in [0, 0.05) is 29.2 Å². The van der Waals surface area contributed by atoms with Gasteiger partial charge in [0.15, 0.2) is 11.4 Å². The number of amides is 1. The van der Waals surface area contributed by atoms with Crippen LogP contribution in [0.4, 0.5) is 0 Å². The highest BCUT2D eigenvalue weighted by Crippen LogP contribution is 2.52. The number of Topliss-reactive ketones (excluding diaryl/α,β-unsaturated/α-hetero) is 2. The first-order valence-electron chi connectivity index (χ1n) is 11.8. The predicted octanol–water partition coefficient (Wildman–Crippen LogP) is 0.368. The van der Waals surface area contributed by atoms with E-state index in [-0.39, 0.29) is 29.7 Å². The number of nitrogens with two attached hydrogens (primary N) is 2. The number of phenolic OH excluding ortho intramolecular Hbond substituents is 1. The van der Waals surface area contributed by atoms with Gasteiger partial charge in [0.25, 0.3) is 5.91 Å². The topological polar surface area (TPSA) is 197 Å². The van der Waals surface area contributed by atoms with Crippen LogP contribution in [0.1, 0.15) is 41.8 Å². The van der Waals surface area contributed by atoms with Gasteiger partial charge in [-0.05, 0) is 37.9 Å². The van der Waals surface area contributed by atoms with E-state index in [4.69, 9.17) is 16.2 Å². The summed E-state index contributed by atoms with van der Waals surface area (Å²) in [4.78, 5) is 40.7. The molecule has 11 nitrogen and oxygen atoms in total. The van der Waals surface area contributed by atoms with E-state index in [1.807, 2.05) is 13.8 Å². The summed E-state index contributed by atoms with van der Waals surface area (Å²) in [5.41, 5.74) is 8.47. The van der Waals surface area contributed by atoms with Crippen molar-refractivity contribution in [1.29, 1.82) is 0 Å². The predicted molar refractivity (Wildman–Crippen MR) is 127 cm³/mol. The summed E-state index contributed by atoms with van der Waals surface area (Å²) in [5, 5.41) is 43.8. The molecule has 1 amide bonds. The Balaban J connectivity index is 1.89. The number of hydrogen-bond acceptors (Lipinski definition) is 10. The normalized spacial score (nSPS) is 27.7. The van der Waals surface area contributed by atoms with Crippen molar-refractivity contribution in [3.8, 4) is 11.5 Å². The van der Waals surface area contributed by atoms with Crippen LogP contribution in [0.3, 0.4) is 0 Å². The van der Waals surface area contributed by atoms with Gasteiger partial charge in [0.05, 0.1) is 18.7 Å². The number of nitrogens with zero attached hydrogens (tertiary/aromatic N) is 1. The molecule has 0 aliphatic heterocycles. The molecule has 0 radical (unpaired) electrons. The van der Waals surface area contributed by atoms with Gasteiger partial charge in [-0.15, -0.1) is 0 Å². The summed E-state index contributed by atoms with van der Waals surface area (Å²) >= 11 is 0. The monoisotopic (exact) mass is 501 g/mol. The number of fused-ring (bicyclic) bond motifs is 3. The maximum Gasteiger partial charge on any atom is 0.255 e. The molecular weight excluding hydrogens is 470 g/mol. The van der Waals surface area contributed by atoms with Crippen LogP contribution >= 0.6 is 0 Å². The third-order valence-corrected chi connectivity index (χ3v) is 7.77. The number of phenols is 1. The van der Waals surface area contributed by atoms with Crippen molar-refractivity contribution in [3.63, 3.8) is 0 Å². The molecule has 1 aromatic rings. The van der Waals surface area contributed by atoms with E-state index in [1.54, 1.807) is 0 Å². The van der Waals surface area contributed by atoms with Crippen LogP contribution in [0, 0.1) is 11.8 Å². The molecular formula is C25H31N3O8. The van der Waals surface area contributed by atoms with Gasteiger partial charge in [-0.25, -0.2) is 0 Å². The Labute approximate surface area is 207 Å². The third kappa shape index (κ3) is 3.41. The number of benzene rings is 1. The Morgan fingerprint density at radius 3 is 2.42 bits per heavy atom. The fourth-order valence-electron chi connectivity index (χ4n) is 5.89. The molecule has 11 heteroatoms. The quantitative estimate of drug-likeness (QED) is 0.296. The van der Waals surface area contributed by atoms with Crippen LogP contribution in [0.5, 0.6) is 11.5 Å². The molecule has 3 aliphatic rings. The van der Waals surface area contributed by atoms with E-state index in [9.17, 15) is 34.8 Å². The first-order valence-corrected chi connectivity index (χ1v) is 11.8. The van der Waals surface area contributed by atoms with Crippen LogP contribution < -0.4 is 16.2 Å². The van der Waals surface area contributed by atoms with Crippen molar-refractivity contribution < 1.29 is 39.5 Å². The molecule has 0 unspecified atom stereocenters. The van der Waals surface area contributed by atoms with Crippen molar-refractivity contribution in [2.45, 2.75) is 44.9 Å². The Morgan fingerprint density at radius 2 is 1.86 bits per heavy atom.